The number of aromatic nitrogens is 4. The van der Waals surface area contributed by atoms with Crippen LogP contribution in [0.5, 0.6) is 0 Å². The highest BCUT2D eigenvalue weighted by molar-refractivity contribution is 9.10. The van der Waals surface area contributed by atoms with E-state index in [-0.39, 0.29) is 0 Å². The summed E-state index contributed by atoms with van der Waals surface area (Å²) in [6, 6.07) is 1.85. The molecule has 2 aromatic rings. The van der Waals surface area contributed by atoms with Crippen molar-refractivity contribution >= 4 is 27.5 Å². The van der Waals surface area contributed by atoms with Gasteiger partial charge in [-0.2, -0.15) is 0 Å². The van der Waals surface area contributed by atoms with E-state index in [1.165, 1.54) is 18.5 Å². The number of rotatable bonds is 2. The number of pyridine rings is 1. The van der Waals surface area contributed by atoms with Crippen molar-refractivity contribution in [3.05, 3.63) is 38.8 Å². The van der Waals surface area contributed by atoms with Gasteiger partial charge in [-0.05, 0) is 47.7 Å². The van der Waals surface area contributed by atoms with Crippen LogP contribution in [0.3, 0.4) is 0 Å². The molecule has 0 atom stereocenters. The van der Waals surface area contributed by atoms with Gasteiger partial charge in [0, 0.05) is 10.7 Å². The van der Waals surface area contributed by atoms with Crippen LogP contribution in [-0.4, -0.2) is 20.0 Å². The van der Waals surface area contributed by atoms with Gasteiger partial charge in [0.25, 0.3) is 0 Å². The Morgan fingerprint density at radius 2 is 2.17 bits per heavy atom. The smallest absolute Gasteiger partial charge is 0.0867 e. The molecule has 94 valence electrons. The molecule has 2 aromatic heterocycles. The summed E-state index contributed by atoms with van der Waals surface area (Å²) in [5.74, 6) is 0. The molecule has 0 unspecified atom stereocenters. The standard InChI is InChI=1S/C12H12BrClN4/c13-8-5-9(14)11(15-6-8)7-18-12-4-2-1-3-10(12)16-17-18/h5-6H,1-4,7H2. The summed E-state index contributed by atoms with van der Waals surface area (Å²) in [5, 5.41) is 9.10. The van der Waals surface area contributed by atoms with Gasteiger partial charge in [-0.25, -0.2) is 4.68 Å². The topological polar surface area (TPSA) is 43.6 Å². The second-order valence-corrected chi connectivity index (χ2v) is 5.75. The summed E-state index contributed by atoms with van der Waals surface area (Å²) in [5.41, 5.74) is 3.20. The second kappa shape index (κ2) is 4.97. The Hall–Kier alpha value is -0.940. The first-order valence-corrected chi connectivity index (χ1v) is 7.12. The maximum Gasteiger partial charge on any atom is 0.0867 e. The molecule has 6 heteroatoms. The summed E-state index contributed by atoms with van der Waals surface area (Å²) in [6.07, 6.45) is 6.27. The minimum atomic E-state index is 0.592. The van der Waals surface area contributed by atoms with Crippen LogP contribution >= 0.6 is 27.5 Å². The normalized spacial score (nSPS) is 14.6. The Balaban J connectivity index is 1.90. The van der Waals surface area contributed by atoms with Crippen LogP contribution in [0.4, 0.5) is 0 Å². The predicted octanol–water partition coefficient (Wildman–Crippen LogP) is 3.02. The van der Waals surface area contributed by atoms with Crippen molar-refractivity contribution in [2.45, 2.75) is 32.2 Å². The molecule has 1 aliphatic rings. The van der Waals surface area contributed by atoms with Crippen molar-refractivity contribution in [1.29, 1.82) is 0 Å². The number of halogens is 2. The fraction of sp³-hybridized carbons (Fsp3) is 0.417. The third-order valence-corrected chi connectivity index (χ3v) is 3.94. The van der Waals surface area contributed by atoms with E-state index in [0.717, 1.165) is 28.7 Å². The quantitative estimate of drug-likeness (QED) is 0.851. The summed E-state index contributed by atoms with van der Waals surface area (Å²) >= 11 is 9.53. The minimum absolute atomic E-state index is 0.592. The van der Waals surface area contributed by atoms with Gasteiger partial charge >= 0.3 is 0 Å². The minimum Gasteiger partial charge on any atom is -0.257 e. The average Bonchev–Trinajstić information content (AvgIpc) is 2.76. The van der Waals surface area contributed by atoms with Crippen molar-refractivity contribution in [3.8, 4) is 0 Å². The lowest BCUT2D eigenvalue weighted by molar-refractivity contribution is 0.585. The zero-order chi connectivity index (χ0) is 12.5. The van der Waals surface area contributed by atoms with E-state index in [0.29, 0.717) is 11.6 Å². The third kappa shape index (κ3) is 2.29. The zero-order valence-corrected chi connectivity index (χ0v) is 12.1. The van der Waals surface area contributed by atoms with Crippen molar-refractivity contribution in [3.63, 3.8) is 0 Å². The largest absolute Gasteiger partial charge is 0.257 e. The number of hydrogen-bond donors (Lipinski definition) is 0. The van der Waals surface area contributed by atoms with Crippen LogP contribution in [0.15, 0.2) is 16.7 Å². The van der Waals surface area contributed by atoms with Crippen molar-refractivity contribution in [1.82, 2.24) is 20.0 Å². The van der Waals surface area contributed by atoms with Crippen LogP contribution in [0.1, 0.15) is 29.9 Å². The molecule has 0 saturated carbocycles. The summed E-state index contributed by atoms with van der Waals surface area (Å²) in [6.45, 7) is 0.592. The molecule has 0 amide bonds. The highest BCUT2D eigenvalue weighted by atomic mass is 79.9. The molecule has 0 N–H and O–H groups in total. The first-order chi connectivity index (χ1) is 8.74. The molecular formula is C12H12BrClN4. The molecule has 0 radical (unpaired) electrons. The Morgan fingerprint density at radius 3 is 3.00 bits per heavy atom. The Kier molecular flexibility index (Phi) is 3.35. The molecule has 1 aliphatic carbocycles. The van der Waals surface area contributed by atoms with E-state index < -0.39 is 0 Å². The van der Waals surface area contributed by atoms with Gasteiger partial charge in [0.1, 0.15) is 0 Å². The number of hydrogen-bond acceptors (Lipinski definition) is 3. The zero-order valence-electron chi connectivity index (χ0n) is 9.74. The van der Waals surface area contributed by atoms with Gasteiger partial charge in [0.15, 0.2) is 0 Å². The van der Waals surface area contributed by atoms with Gasteiger partial charge in [-0.15, -0.1) is 5.10 Å². The van der Waals surface area contributed by atoms with E-state index in [2.05, 4.69) is 31.2 Å². The predicted molar refractivity (Wildman–Crippen MR) is 72.7 cm³/mol. The Morgan fingerprint density at radius 1 is 1.33 bits per heavy atom. The molecule has 2 heterocycles. The fourth-order valence-corrected chi connectivity index (χ4v) is 2.94. The molecular weight excluding hydrogens is 316 g/mol. The maximum absolute atomic E-state index is 6.18. The number of aryl methyl sites for hydroxylation is 1. The summed E-state index contributed by atoms with van der Waals surface area (Å²) in [7, 11) is 0. The van der Waals surface area contributed by atoms with E-state index in [1.807, 2.05) is 10.7 Å². The second-order valence-electron chi connectivity index (χ2n) is 4.43. The lowest BCUT2D eigenvalue weighted by atomic mass is 10.0. The molecule has 0 saturated heterocycles. The van der Waals surface area contributed by atoms with Crippen molar-refractivity contribution in [2.24, 2.45) is 0 Å². The fourth-order valence-electron chi connectivity index (χ4n) is 2.25. The molecule has 0 bridgehead atoms. The van der Waals surface area contributed by atoms with Crippen LogP contribution in [-0.2, 0) is 19.4 Å². The molecule has 0 aromatic carbocycles. The monoisotopic (exact) mass is 326 g/mol. The molecule has 0 fully saturated rings. The highest BCUT2D eigenvalue weighted by Gasteiger charge is 2.17. The SMILES string of the molecule is Clc1cc(Br)cnc1Cn1nnc2c1CCCC2. The van der Waals surface area contributed by atoms with Gasteiger partial charge < -0.3 is 0 Å². The first kappa shape index (κ1) is 12.1. The Labute approximate surface area is 118 Å². The molecule has 0 spiro atoms. The van der Waals surface area contributed by atoms with E-state index in [9.17, 15) is 0 Å². The van der Waals surface area contributed by atoms with Crippen LogP contribution in [0, 0.1) is 0 Å². The third-order valence-electron chi connectivity index (χ3n) is 3.18. The average molecular weight is 328 g/mol. The van der Waals surface area contributed by atoms with Gasteiger partial charge in [0.05, 0.1) is 28.6 Å². The van der Waals surface area contributed by atoms with Crippen molar-refractivity contribution in [2.75, 3.05) is 0 Å². The first-order valence-electron chi connectivity index (χ1n) is 5.95. The van der Waals surface area contributed by atoms with Crippen LogP contribution in [0.2, 0.25) is 5.02 Å². The van der Waals surface area contributed by atoms with E-state index >= 15 is 0 Å². The van der Waals surface area contributed by atoms with Gasteiger partial charge in [0.2, 0.25) is 0 Å². The summed E-state index contributed by atoms with van der Waals surface area (Å²) < 4.78 is 2.81. The lowest BCUT2D eigenvalue weighted by Gasteiger charge is -2.12. The summed E-state index contributed by atoms with van der Waals surface area (Å²) in [4.78, 5) is 4.33. The van der Waals surface area contributed by atoms with Crippen molar-refractivity contribution < 1.29 is 0 Å². The lowest BCUT2D eigenvalue weighted by Crippen LogP contribution is -2.11. The maximum atomic E-state index is 6.18. The van der Waals surface area contributed by atoms with Crippen LogP contribution < -0.4 is 0 Å². The van der Waals surface area contributed by atoms with Gasteiger partial charge in [-0.1, -0.05) is 16.8 Å². The van der Waals surface area contributed by atoms with E-state index in [4.69, 9.17) is 11.6 Å². The number of fused-ring (bicyclic) bond motifs is 1. The van der Waals surface area contributed by atoms with Gasteiger partial charge in [-0.3, -0.25) is 4.98 Å². The number of nitrogens with zero attached hydrogens (tertiary/aromatic N) is 4. The van der Waals surface area contributed by atoms with E-state index in [1.54, 1.807) is 6.20 Å². The molecule has 0 aliphatic heterocycles. The molecule has 3 rings (SSSR count). The highest BCUT2D eigenvalue weighted by Crippen LogP contribution is 2.22. The molecule has 4 nitrogen and oxygen atoms in total. The van der Waals surface area contributed by atoms with Crippen LogP contribution in [0.25, 0.3) is 0 Å². The Bertz CT molecular complexity index is 581. The molecule has 18 heavy (non-hydrogen) atoms.